The predicted octanol–water partition coefficient (Wildman–Crippen LogP) is 3.09. The smallest absolute Gasteiger partial charge is 0.260 e. The number of carbonyl (C=O) groups excluding carboxylic acids is 1. The second-order valence-corrected chi connectivity index (χ2v) is 6.86. The van der Waals surface area contributed by atoms with Crippen LogP contribution in [0.2, 0.25) is 0 Å². The Kier molecular flexibility index (Phi) is 5.74. The number of ether oxygens (including phenoxy) is 3. The first kappa shape index (κ1) is 19.0. The molecule has 1 amide bonds. The van der Waals surface area contributed by atoms with Crippen LogP contribution in [0.1, 0.15) is 12.8 Å². The molecule has 29 heavy (non-hydrogen) atoms. The zero-order chi connectivity index (χ0) is 20.1. The topological polar surface area (TPSA) is 73.8 Å². The lowest BCUT2D eigenvalue weighted by Gasteiger charge is -2.31. The number of piperidine rings is 1. The van der Waals surface area contributed by atoms with E-state index >= 15 is 0 Å². The number of hydrogen-bond donors (Lipinski definition) is 0. The van der Waals surface area contributed by atoms with Crippen LogP contribution in [-0.4, -0.2) is 53.7 Å². The Morgan fingerprint density at radius 3 is 2.45 bits per heavy atom. The van der Waals surface area contributed by atoms with Gasteiger partial charge < -0.3 is 19.1 Å². The van der Waals surface area contributed by atoms with Crippen molar-refractivity contribution < 1.29 is 19.0 Å². The summed E-state index contributed by atoms with van der Waals surface area (Å²) in [5, 5.41) is 0. The van der Waals surface area contributed by atoms with E-state index in [0.717, 1.165) is 29.6 Å². The molecule has 2 heterocycles. The number of likely N-dealkylation sites (tertiary alicyclic amines) is 1. The van der Waals surface area contributed by atoms with Gasteiger partial charge in [0.1, 0.15) is 17.6 Å². The number of para-hydroxylation sites is 2. The lowest BCUT2D eigenvalue weighted by molar-refractivity contribution is -0.135. The van der Waals surface area contributed by atoms with Gasteiger partial charge in [-0.2, -0.15) is 0 Å². The molecule has 0 spiro atoms. The van der Waals surface area contributed by atoms with Crippen LogP contribution in [0.4, 0.5) is 0 Å². The first-order valence-corrected chi connectivity index (χ1v) is 9.64. The van der Waals surface area contributed by atoms with Gasteiger partial charge in [0.15, 0.2) is 6.61 Å². The van der Waals surface area contributed by atoms with Crippen LogP contribution < -0.4 is 14.2 Å². The highest BCUT2D eigenvalue weighted by molar-refractivity contribution is 5.78. The predicted molar refractivity (Wildman–Crippen MR) is 108 cm³/mol. The van der Waals surface area contributed by atoms with Crippen molar-refractivity contribution in [1.82, 2.24) is 14.9 Å². The summed E-state index contributed by atoms with van der Waals surface area (Å²) < 4.78 is 16.7. The number of rotatable bonds is 6. The molecule has 0 bridgehead atoms. The van der Waals surface area contributed by atoms with Crippen LogP contribution in [0.25, 0.3) is 11.0 Å². The molecular weight excluding hydrogens is 370 g/mol. The van der Waals surface area contributed by atoms with E-state index in [0.29, 0.717) is 24.7 Å². The van der Waals surface area contributed by atoms with Crippen LogP contribution >= 0.6 is 0 Å². The summed E-state index contributed by atoms with van der Waals surface area (Å²) in [6, 6.07) is 14.9. The van der Waals surface area contributed by atoms with Crippen LogP contribution in [-0.2, 0) is 4.79 Å². The zero-order valence-corrected chi connectivity index (χ0v) is 16.3. The minimum atomic E-state index is -0.0234. The molecular formula is C22H23N3O4. The molecule has 2 aromatic carbocycles. The van der Waals surface area contributed by atoms with Gasteiger partial charge in [0.05, 0.1) is 24.3 Å². The fourth-order valence-corrected chi connectivity index (χ4v) is 3.30. The van der Waals surface area contributed by atoms with Gasteiger partial charge >= 0.3 is 0 Å². The van der Waals surface area contributed by atoms with Crippen LogP contribution in [0.15, 0.2) is 54.7 Å². The maximum atomic E-state index is 12.4. The van der Waals surface area contributed by atoms with Crippen molar-refractivity contribution in [2.24, 2.45) is 0 Å². The lowest BCUT2D eigenvalue weighted by atomic mass is 10.1. The average molecular weight is 393 g/mol. The molecule has 0 atom stereocenters. The van der Waals surface area contributed by atoms with Gasteiger partial charge in [-0.1, -0.05) is 12.1 Å². The monoisotopic (exact) mass is 393 g/mol. The number of hydrogen-bond acceptors (Lipinski definition) is 6. The van der Waals surface area contributed by atoms with Crippen LogP contribution in [0.5, 0.6) is 17.4 Å². The normalized spacial score (nSPS) is 14.6. The summed E-state index contributed by atoms with van der Waals surface area (Å²) >= 11 is 0. The molecule has 1 saturated heterocycles. The largest absolute Gasteiger partial charge is 0.497 e. The van der Waals surface area contributed by atoms with E-state index in [4.69, 9.17) is 14.2 Å². The van der Waals surface area contributed by atoms with Gasteiger partial charge in [-0.05, 0) is 36.4 Å². The number of methoxy groups -OCH3 is 1. The summed E-state index contributed by atoms with van der Waals surface area (Å²) in [7, 11) is 1.61. The summed E-state index contributed by atoms with van der Waals surface area (Å²) in [6.07, 6.45) is 3.19. The summed E-state index contributed by atoms with van der Waals surface area (Å²) in [4.78, 5) is 23.1. The molecule has 7 heteroatoms. The van der Waals surface area contributed by atoms with Crippen molar-refractivity contribution in [3.05, 3.63) is 54.7 Å². The van der Waals surface area contributed by atoms with Gasteiger partial charge in [0.2, 0.25) is 5.88 Å². The van der Waals surface area contributed by atoms with E-state index in [1.54, 1.807) is 37.6 Å². The molecule has 1 aliphatic heterocycles. The Labute approximate surface area is 169 Å². The third-order valence-corrected chi connectivity index (χ3v) is 4.93. The van der Waals surface area contributed by atoms with E-state index in [2.05, 4.69) is 9.97 Å². The van der Waals surface area contributed by atoms with Crippen LogP contribution in [0.3, 0.4) is 0 Å². The fourth-order valence-electron chi connectivity index (χ4n) is 3.30. The second kappa shape index (κ2) is 8.77. The van der Waals surface area contributed by atoms with E-state index < -0.39 is 0 Å². The second-order valence-electron chi connectivity index (χ2n) is 6.86. The Morgan fingerprint density at radius 2 is 1.72 bits per heavy atom. The van der Waals surface area contributed by atoms with Gasteiger partial charge in [0.25, 0.3) is 5.91 Å². The van der Waals surface area contributed by atoms with Gasteiger partial charge in [-0.25, -0.2) is 9.97 Å². The molecule has 0 saturated carbocycles. The molecule has 1 fully saturated rings. The molecule has 0 aliphatic carbocycles. The summed E-state index contributed by atoms with van der Waals surface area (Å²) in [6.45, 7) is 1.29. The molecule has 3 aromatic rings. The minimum absolute atomic E-state index is 0.0218. The Balaban J connectivity index is 1.25. The Bertz CT molecular complexity index is 969. The van der Waals surface area contributed by atoms with Gasteiger partial charge in [-0.3, -0.25) is 4.79 Å². The Hall–Kier alpha value is -3.35. The van der Waals surface area contributed by atoms with E-state index in [-0.39, 0.29) is 18.6 Å². The fraction of sp³-hybridized carbons (Fsp3) is 0.318. The number of aromatic nitrogens is 2. The van der Waals surface area contributed by atoms with E-state index in [9.17, 15) is 4.79 Å². The maximum absolute atomic E-state index is 12.4. The number of nitrogens with zero attached hydrogens (tertiary/aromatic N) is 3. The number of benzene rings is 2. The van der Waals surface area contributed by atoms with Crippen molar-refractivity contribution in [2.75, 3.05) is 26.8 Å². The third-order valence-electron chi connectivity index (χ3n) is 4.93. The van der Waals surface area contributed by atoms with Crippen molar-refractivity contribution in [2.45, 2.75) is 18.9 Å². The summed E-state index contributed by atoms with van der Waals surface area (Å²) in [5.41, 5.74) is 1.66. The highest BCUT2D eigenvalue weighted by Crippen LogP contribution is 2.20. The van der Waals surface area contributed by atoms with Crippen molar-refractivity contribution >= 4 is 16.9 Å². The molecule has 7 nitrogen and oxygen atoms in total. The highest BCUT2D eigenvalue weighted by atomic mass is 16.5. The van der Waals surface area contributed by atoms with Crippen LogP contribution in [0, 0.1) is 0 Å². The SMILES string of the molecule is COc1ccc(OCC(=O)N2CCC(Oc3cnc4ccccc4n3)CC2)cc1. The molecule has 0 radical (unpaired) electrons. The minimum Gasteiger partial charge on any atom is -0.497 e. The first-order chi connectivity index (χ1) is 14.2. The van der Waals surface area contributed by atoms with Crippen molar-refractivity contribution in [3.8, 4) is 17.4 Å². The average Bonchev–Trinajstić information content (AvgIpc) is 2.78. The van der Waals surface area contributed by atoms with E-state index in [1.165, 1.54) is 0 Å². The highest BCUT2D eigenvalue weighted by Gasteiger charge is 2.24. The molecule has 150 valence electrons. The molecule has 4 rings (SSSR count). The van der Waals surface area contributed by atoms with Gasteiger partial charge in [-0.15, -0.1) is 0 Å². The molecule has 0 unspecified atom stereocenters. The lowest BCUT2D eigenvalue weighted by Crippen LogP contribution is -2.43. The summed E-state index contributed by atoms with van der Waals surface area (Å²) in [5.74, 6) is 1.90. The van der Waals surface area contributed by atoms with E-state index in [1.807, 2.05) is 29.2 Å². The van der Waals surface area contributed by atoms with Crippen molar-refractivity contribution in [1.29, 1.82) is 0 Å². The molecule has 0 N–H and O–H groups in total. The maximum Gasteiger partial charge on any atom is 0.260 e. The standard InChI is InChI=1S/C22H23N3O4/c1-27-16-6-8-17(9-7-16)28-15-22(26)25-12-10-18(11-13-25)29-21-14-23-19-4-2-3-5-20(19)24-21/h2-9,14,18H,10-13,15H2,1H3. The third kappa shape index (κ3) is 4.74. The first-order valence-electron chi connectivity index (χ1n) is 9.64. The number of carbonyl (C=O) groups is 1. The number of fused-ring (bicyclic) bond motifs is 1. The van der Waals surface area contributed by atoms with Gasteiger partial charge in [0, 0.05) is 25.9 Å². The Morgan fingerprint density at radius 1 is 1.03 bits per heavy atom. The molecule has 1 aromatic heterocycles. The zero-order valence-electron chi connectivity index (χ0n) is 16.3. The van der Waals surface area contributed by atoms with Crippen molar-refractivity contribution in [3.63, 3.8) is 0 Å². The quantitative estimate of drug-likeness (QED) is 0.641. The molecule has 1 aliphatic rings. The number of amides is 1.